The smallest absolute Gasteiger partial charge is 0.235 e. The Morgan fingerprint density at radius 1 is 1.18 bits per heavy atom. The van der Waals surface area contributed by atoms with E-state index in [9.17, 15) is 13.6 Å². The number of rotatable bonds is 4. The van der Waals surface area contributed by atoms with Crippen LogP contribution in [-0.2, 0) is 4.79 Å². The van der Waals surface area contributed by atoms with Crippen molar-refractivity contribution >= 4 is 28.9 Å². The van der Waals surface area contributed by atoms with Crippen molar-refractivity contribution in [3.05, 3.63) is 60.4 Å². The lowest BCUT2D eigenvalue weighted by Gasteiger charge is -2.07. The fourth-order valence-electron chi connectivity index (χ4n) is 1.95. The average molecular weight is 319 g/mol. The second-order valence-corrected chi connectivity index (χ2v) is 5.41. The molecule has 1 aromatic carbocycles. The third-order valence-corrected chi connectivity index (χ3v) is 3.93. The van der Waals surface area contributed by atoms with Crippen LogP contribution in [-0.4, -0.2) is 21.0 Å². The van der Waals surface area contributed by atoms with Crippen LogP contribution in [0, 0.1) is 11.6 Å². The molecule has 2 heterocycles. The van der Waals surface area contributed by atoms with E-state index in [1.807, 2.05) is 28.8 Å². The van der Waals surface area contributed by atoms with Gasteiger partial charge in [-0.05, 0) is 24.3 Å². The van der Waals surface area contributed by atoms with Crippen molar-refractivity contribution in [1.82, 2.24) is 9.38 Å². The lowest BCUT2D eigenvalue weighted by atomic mass is 10.3. The van der Waals surface area contributed by atoms with Crippen LogP contribution in [0.4, 0.5) is 14.5 Å². The summed E-state index contributed by atoms with van der Waals surface area (Å²) in [5.74, 6) is -2.10. The molecule has 112 valence electrons. The van der Waals surface area contributed by atoms with Gasteiger partial charge >= 0.3 is 0 Å². The Morgan fingerprint density at radius 2 is 1.95 bits per heavy atom. The van der Waals surface area contributed by atoms with Crippen molar-refractivity contribution < 1.29 is 13.6 Å². The summed E-state index contributed by atoms with van der Waals surface area (Å²) in [4.78, 5) is 16.1. The fraction of sp³-hybridized carbons (Fsp3) is 0.0667. The van der Waals surface area contributed by atoms with Gasteiger partial charge < -0.3 is 5.32 Å². The number of carbonyl (C=O) groups is 1. The van der Waals surface area contributed by atoms with Crippen molar-refractivity contribution in [2.45, 2.75) is 5.16 Å². The van der Waals surface area contributed by atoms with Crippen molar-refractivity contribution in [1.29, 1.82) is 0 Å². The number of hydrogen-bond acceptors (Lipinski definition) is 3. The normalized spacial score (nSPS) is 10.8. The van der Waals surface area contributed by atoms with Gasteiger partial charge in [0.1, 0.15) is 17.3 Å². The lowest BCUT2D eigenvalue weighted by Crippen LogP contribution is -2.16. The monoisotopic (exact) mass is 319 g/mol. The number of hydrogen-bond donors (Lipinski definition) is 1. The zero-order valence-electron chi connectivity index (χ0n) is 11.3. The van der Waals surface area contributed by atoms with Gasteiger partial charge in [0.2, 0.25) is 5.91 Å². The highest BCUT2D eigenvalue weighted by atomic mass is 32.2. The molecule has 3 aromatic rings. The summed E-state index contributed by atoms with van der Waals surface area (Å²) >= 11 is 1.19. The van der Waals surface area contributed by atoms with E-state index >= 15 is 0 Å². The first-order chi connectivity index (χ1) is 10.6. The van der Waals surface area contributed by atoms with Crippen LogP contribution in [0.1, 0.15) is 0 Å². The summed E-state index contributed by atoms with van der Waals surface area (Å²) in [5.41, 5.74) is 0.478. The number of benzene rings is 1. The number of carbonyl (C=O) groups excluding carboxylic acids is 1. The van der Waals surface area contributed by atoms with Crippen molar-refractivity contribution in [3.63, 3.8) is 0 Å². The molecule has 0 fully saturated rings. The molecule has 3 rings (SSSR count). The van der Waals surface area contributed by atoms with Gasteiger partial charge in [-0.15, -0.1) is 0 Å². The quantitative estimate of drug-likeness (QED) is 0.750. The van der Waals surface area contributed by atoms with Crippen LogP contribution in [0.25, 0.3) is 5.52 Å². The molecule has 0 saturated carbocycles. The van der Waals surface area contributed by atoms with Gasteiger partial charge in [0.05, 0.1) is 17.5 Å². The Labute approximate surface area is 129 Å². The largest absolute Gasteiger partial charge is 0.320 e. The molecule has 2 aromatic heterocycles. The molecule has 0 saturated heterocycles. The molecule has 22 heavy (non-hydrogen) atoms. The molecule has 0 radical (unpaired) electrons. The Hall–Kier alpha value is -2.41. The third kappa shape index (κ3) is 2.94. The highest BCUT2D eigenvalue weighted by Gasteiger charge is 2.13. The van der Waals surface area contributed by atoms with Crippen LogP contribution in [0.2, 0.25) is 0 Å². The molecule has 0 atom stereocenters. The summed E-state index contributed by atoms with van der Waals surface area (Å²) in [6.45, 7) is 0. The number of fused-ring (bicyclic) bond motifs is 1. The number of aromatic nitrogens is 2. The predicted octanol–water partition coefficient (Wildman–Crippen LogP) is 3.34. The maximum atomic E-state index is 13.5. The average Bonchev–Trinajstić information content (AvgIpc) is 2.92. The second kappa shape index (κ2) is 6.15. The number of thioether (sulfide) groups is 1. The van der Waals surface area contributed by atoms with E-state index in [0.717, 1.165) is 17.6 Å². The predicted molar refractivity (Wildman–Crippen MR) is 80.9 cm³/mol. The maximum Gasteiger partial charge on any atom is 0.235 e. The van der Waals surface area contributed by atoms with E-state index in [1.165, 1.54) is 17.8 Å². The highest BCUT2D eigenvalue weighted by molar-refractivity contribution is 7.99. The van der Waals surface area contributed by atoms with E-state index in [-0.39, 0.29) is 5.75 Å². The molecule has 1 amide bonds. The van der Waals surface area contributed by atoms with Gasteiger partial charge in [0.25, 0.3) is 0 Å². The molecular weight excluding hydrogens is 308 g/mol. The zero-order valence-corrected chi connectivity index (χ0v) is 12.1. The number of halogens is 2. The lowest BCUT2D eigenvalue weighted by molar-refractivity contribution is -0.113. The first kappa shape index (κ1) is 14.5. The summed E-state index contributed by atoms with van der Waals surface area (Å²) in [6, 6.07) is 9.06. The first-order valence-electron chi connectivity index (χ1n) is 6.44. The number of imidazole rings is 1. The Morgan fingerprint density at radius 3 is 2.73 bits per heavy atom. The van der Waals surface area contributed by atoms with Gasteiger partial charge in [0.15, 0.2) is 5.16 Å². The highest BCUT2D eigenvalue weighted by Crippen LogP contribution is 2.21. The number of amides is 1. The minimum atomic E-state index is -0.801. The first-order valence-corrected chi connectivity index (χ1v) is 7.42. The molecule has 0 unspecified atom stereocenters. The molecule has 0 aliphatic carbocycles. The Balaban J connectivity index is 1.68. The minimum Gasteiger partial charge on any atom is -0.320 e. The summed E-state index contributed by atoms with van der Waals surface area (Å²) in [7, 11) is 0. The van der Waals surface area contributed by atoms with Gasteiger partial charge in [-0.1, -0.05) is 23.9 Å². The van der Waals surface area contributed by atoms with E-state index in [4.69, 9.17) is 0 Å². The molecule has 0 aliphatic rings. The van der Waals surface area contributed by atoms with Gasteiger partial charge in [-0.2, -0.15) is 0 Å². The minimum absolute atomic E-state index is 0.00177. The fourth-order valence-corrected chi connectivity index (χ4v) is 2.71. The van der Waals surface area contributed by atoms with E-state index in [1.54, 1.807) is 6.20 Å². The molecule has 0 aliphatic heterocycles. The summed E-state index contributed by atoms with van der Waals surface area (Å²) in [5, 5.41) is 2.88. The van der Waals surface area contributed by atoms with Crippen LogP contribution in [0.15, 0.2) is 53.9 Å². The molecule has 0 bridgehead atoms. The maximum absolute atomic E-state index is 13.5. The second-order valence-electron chi connectivity index (χ2n) is 4.47. The molecule has 4 nitrogen and oxygen atoms in total. The van der Waals surface area contributed by atoms with Crippen LogP contribution in [0.5, 0.6) is 0 Å². The van der Waals surface area contributed by atoms with Crippen LogP contribution in [0.3, 0.4) is 0 Å². The van der Waals surface area contributed by atoms with Crippen molar-refractivity contribution in [2.24, 2.45) is 0 Å². The zero-order chi connectivity index (χ0) is 15.5. The molecule has 1 N–H and O–H groups in total. The SMILES string of the molecule is O=C(CSc1ncc2ccccn12)Nc1c(F)cccc1F. The van der Waals surface area contributed by atoms with Crippen LogP contribution < -0.4 is 5.32 Å². The topological polar surface area (TPSA) is 46.4 Å². The van der Waals surface area contributed by atoms with E-state index < -0.39 is 23.2 Å². The third-order valence-electron chi connectivity index (χ3n) is 2.96. The van der Waals surface area contributed by atoms with Crippen molar-refractivity contribution in [2.75, 3.05) is 11.1 Å². The number of para-hydroxylation sites is 1. The van der Waals surface area contributed by atoms with Crippen molar-refractivity contribution in [3.8, 4) is 0 Å². The Bertz CT molecular complexity index is 814. The van der Waals surface area contributed by atoms with Gasteiger partial charge in [-0.3, -0.25) is 9.20 Å². The van der Waals surface area contributed by atoms with Gasteiger partial charge in [-0.25, -0.2) is 13.8 Å². The Kier molecular flexibility index (Phi) is 4.06. The van der Waals surface area contributed by atoms with Crippen LogP contribution >= 0.6 is 11.8 Å². The number of nitrogens with zero attached hydrogens (tertiary/aromatic N) is 2. The van der Waals surface area contributed by atoms with E-state index in [2.05, 4.69) is 10.3 Å². The number of pyridine rings is 1. The molecular formula is C15H11F2N3OS. The number of anilines is 1. The van der Waals surface area contributed by atoms with E-state index in [0.29, 0.717) is 5.16 Å². The van der Waals surface area contributed by atoms with Gasteiger partial charge in [0, 0.05) is 6.20 Å². The molecule has 7 heteroatoms. The molecule has 0 spiro atoms. The summed E-state index contributed by atoms with van der Waals surface area (Å²) in [6.07, 6.45) is 3.52. The number of nitrogens with one attached hydrogen (secondary N) is 1. The summed E-state index contributed by atoms with van der Waals surface area (Å²) < 4.78 is 28.7. The standard InChI is InChI=1S/C15H11F2N3OS/c16-11-5-3-6-12(17)14(11)19-13(21)9-22-15-18-8-10-4-1-2-7-20(10)15/h1-8H,9H2,(H,19,21).